The maximum absolute atomic E-state index is 6.03. The summed E-state index contributed by atoms with van der Waals surface area (Å²) in [4.78, 5) is 4.29. The Morgan fingerprint density at radius 3 is 2.69 bits per heavy atom. The second kappa shape index (κ2) is 5.41. The van der Waals surface area contributed by atoms with Gasteiger partial charge in [0, 0.05) is 20.1 Å². The summed E-state index contributed by atoms with van der Waals surface area (Å²) >= 11 is 0. The molecule has 0 radical (unpaired) electrons. The molecule has 0 aliphatic heterocycles. The quantitative estimate of drug-likeness (QED) is 0.775. The van der Waals surface area contributed by atoms with E-state index < -0.39 is 0 Å². The summed E-state index contributed by atoms with van der Waals surface area (Å²) in [6.45, 7) is 6.86. The predicted octanol–water partition coefficient (Wildman–Crippen LogP) is 1.69. The molecule has 5 heteroatoms. The monoisotopic (exact) mass is 227 g/mol. The first-order valence-electron chi connectivity index (χ1n) is 5.52. The first-order valence-corrected chi connectivity index (χ1v) is 5.52. The van der Waals surface area contributed by atoms with Gasteiger partial charge in [0.15, 0.2) is 5.82 Å². The Kier molecular flexibility index (Phi) is 4.44. The summed E-state index contributed by atoms with van der Waals surface area (Å²) in [5.41, 5.74) is 5.97. The minimum absolute atomic E-state index is 0.0618. The van der Waals surface area contributed by atoms with Crippen LogP contribution in [0.4, 0.5) is 0 Å². The number of hydrogen-bond donors (Lipinski definition) is 1. The fourth-order valence-electron chi connectivity index (χ4n) is 1.25. The molecule has 2 N–H and O–H groups in total. The molecule has 0 aromatic carbocycles. The van der Waals surface area contributed by atoms with Crippen LogP contribution < -0.4 is 5.73 Å². The van der Waals surface area contributed by atoms with Gasteiger partial charge in [0.2, 0.25) is 5.89 Å². The van der Waals surface area contributed by atoms with Crippen molar-refractivity contribution in [2.75, 3.05) is 13.7 Å². The Morgan fingerprint density at radius 2 is 2.12 bits per heavy atom. The Bertz CT molecular complexity index is 317. The predicted molar refractivity (Wildman–Crippen MR) is 60.9 cm³/mol. The van der Waals surface area contributed by atoms with Crippen molar-refractivity contribution < 1.29 is 9.26 Å². The maximum Gasteiger partial charge on any atom is 0.226 e. The number of aromatic nitrogens is 2. The lowest BCUT2D eigenvalue weighted by molar-refractivity contribution is 0.192. The van der Waals surface area contributed by atoms with Crippen LogP contribution in [0.15, 0.2) is 4.52 Å². The van der Waals surface area contributed by atoms with E-state index in [9.17, 15) is 0 Å². The third-order valence-electron chi connectivity index (χ3n) is 2.43. The average Bonchev–Trinajstić information content (AvgIpc) is 2.64. The van der Waals surface area contributed by atoms with E-state index in [1.54, 1.807) is 7.11 Å². The summed E-state index contributed by atoms with van der Waals surface area (Å²) in [6.07, 6.45) is 1.61. The molecule has 92 valence electrons. The summed E-state index contributed by atoms with van der Waals surface area (Å²) in [7, 11) is 1.68. The molecule has 1 rings (SSSR count). The molecule has 0 amide bonds. The van der Waals surface area contributed by atoms with Crippen molar-refractivity contribution in [1.29, 1.82) is 0 Å². The number of rotatable bonds is 5. The topological polar surface area (TPSA) is 74.2 Å². The number of nitrogens with two attached hydrogens (primary N) is 1. The van der Waals surface area contributed by atoms with Gasteiger partial charge in [-0.15, -0.1) is 0 Å². The zero-order valence-electron chi connectivity index (χ0n) is 10.5. The Hall–Kier alpha value is -0.940. The van der Waals surface area contributed by atoms with Crippen molar-refractivity contribution >= 4 is 0 Å². The molecule has 0 spiro atoms. The molecular formula is C11H21N3O2. The van der Waals surface area contributed by atoms with E-state index >= 15 is 0 Å². The van der Waals surface area contributed by atoms with Crippen LogP contribution in [0.1, 0.15) is 44.9 Å². The van der Waals surface area contributed by atoms with Crippen LogP contribution in [-0.4, -0.2) is 23.9 Å². The van der Waals surface area contributed by atoms with Gasteiger partial charge in [-0.05, 0) is 11.8 Å². The molecule has 5 nitrogen and oxygen atoms in total. The van der Waals surface area contributed by atoms with E-state index in [1.807, 2.05) is 0 Å². The normalized spacial score (nSPS) is 14.1. The Balaban J connectivity index is 2.57. The lowest BCUT2D eigenvalue weighted by atomic mass is 9.87. The first-order chi connectivity index (χ1) is 7.45. The Labute approximate surface area is 96.4 Å². The van der Waals surface area contributed by atoms with Crippen molar-refractivity contribution in [2.45, 2.75) is 39.7 Å². The second-order valence-corrected chi connectivity index (χ2v) is 4.99. The van der Waals surface area contributed by atoms with Crippen LogP contribution in [0, 0.1) is 5.41 Å². The van der Waals surface area contributed by atoms with Gasteiger partial charge in [0.1, 0.15) is 0 Å². The fraction of sp³-hybridized carbons (Fsp3) is 0.818. The molecule has 1 heterocycles. The van der Waals surface area contributed by atoms with Crippen molar-refractivity contribution in [3.63, 3.8) is 0 Å². The molecule has 0 fully saturated rings. The molecule has 0 saturated carbocycles. The van der Waals surface area contributed by atoms with Gasteiger partial charge in [0.25, 0.3) is 0 Å². The summed E-state index contributed by atoms with van der Waals surface area (Å²) < 4.78 is 10.1. The van der Waals surface area contributed by atoms with Crippen LogP contribution >= 0.6 is 0 Å². The Morgan fingerprint density at radius 1 is 1.44 bits per heavy atom. The zero-order chi connectivity index (χ0) is 12.2. The molecule has 0 saturated heterocycles. The second-order valence-electron chi connectivity index (χ2n) is 4.99. The van der Waals surface area contributed by atoms with Gasteiger partial charge in [-0.1, -0.05) is 25.9 Å². The molecule has 0 aliphatic carbocycles. The van der Waals surface area contributed by atoms with E-state index in [4.69, 9.17) is 15.0 Å². The van der Waals surface area contributed by atoms with E-state index in [0.29, 0.717) is 18.3 Å². The van der Waals surface area contributed by atoms with Crippen LogP contribution in [0.5, 0.6) is 0 Å². The van der Waals surface area contributed by atoms with E-state index in [-0.39, 0.29) is 11.5 Å². The zero-order valence-corrected chi connectivity index (χ0v) is 10.5. The molecule has 1 aromatic rings. The van der Waals surface area contributed by atoms with Gasteiger partial charge < -0.3 is 15.0 Å². The highest BCUT2D eigenvalue weighted by Gasteiger charge is 2.26. The highest BCUT2D eigenvalue weighted by molar-refractivity contribution is 4.97. The number of ether oxygens (including phenoxy) is 1. The van der Waals surface area contributed by atoms with Gasteiger partial charge in [0.05, 0.1) is 6.04 Å². The largest absolute Gasteiger partial charge is 0.385 e. The van der Waals surface area contributed by atoms with Gasteiger partial charge in [-0.25, -0.2) is 0 Å². The highest BCUT2D eigenvalue weighted by Crippen LogP contribution is 2.28. The molecule has 0 aliphatic rings. The minimum Gasteiger partial charge on any atom is -0.385 e. The lowest BCUT2D eigenvalue weighted by Crippen LogP contribution is -2.27. The van der Waals surface area contributed by atoms with E-state index in [2.05, 4.69) is 30.9 Å². The van der Waals surface area contributed by atoms with Crippen molar-refractivity contribution in [1.82, 2.24) is 10.1 Å². The van der Waals surface area contributed by atoms with Crippen molar-refractivity contribution in [3.8, 4) is 0 Å². The minimum atomic E-state index is -0.201. The van der Waals surface area contributed by atoms with E-state index in [0.717, 1.165) is 12.8 Å². The number of nitrogens with zero attached hydrogens (tertiary/aromatic N) is 2. The summed E-state index contributed by atoms with van der Waals surface area (Å²) in [5, 5.41) is 3.91. The average molecular weight is 227 g/mol. The van der Waals surface area contributed by atoms with Gasteiger partial charge in [-0.3, -0.25) is 0 Å². The van der Waals surface area contributed by atoms with Crippen LogP contribution in [0.25, 0.3) is 0 Å². The van der Waals surface area contributed by atoms with Crippen LogP contribution in [0.3, 0.4) is 0 Å². The van der Waals surface area contributed by atoms with Gasteiger partial charge in [-0.2, -0.15) is 4.98 Å². The van der Waals surface area contributed by atoms with Crippen molar-refractivity contribution in [2.24, 2.45) is 11.1 Å². The van der Waals surface area contributed by atoms with E-state index in [1.165, 1.54) is 0 Å². The smallest absolute Gasteiger partial charge is 0.226 e. The number of hydrogen-bond acceptors (Lipinski definition) is 5. The first kappa shape index (κ1) is 13.1. The van der Waals surface area contributed by atoms with Gasteiger partial charge >= 0.3 is 0 Å². The molecule has 1 atom stereocenters. The molecule has 1 aromatic heterocycles. The standard InChI is InChI=1S/C11H21N3O2/c1-11(2,3)9(12)10-13-8(16-14-10)6-5-7-15-4/h9H,5-7,12H2,1-4H3. The van der Waals surface area contributed by atoms with Crippen LogP contribution in [0.2, 0.25) is 0 Å². The highest BCUT2D eigenvalue weighted by atomic mass is 16.5. The molecule has 1 unspecified atom stereocenters. The number of aryl methyl sites for hydroxylation is 1. The third-order valence-corrected chi connectivity index (χ3v) is 2.43. The lowest BCUT2D eigenvalue weighted by Gasteiger charge is -2.23. The SMILES string of the molecule is COCCCc1nc(C(N)C(C)(C)C)no1. The molecule has 0 bridgehead atoms. The van der Waals surface area contributed by atoms with Crippen LogP contribution in [-0.2, 0) is 11.2 Å². The third kappa shape index (κ3) is 3.57. The number of methoxy groups -OCH3 is 1. The maximum atomic E-state index is 6.03. The molecular weight excluding hydrogens is 206 g/mol. The fourth-order valence-corrected chi connectivity index (χ4v) is 1.25. The van der Waals surface area contributed by atoms with Crippen molar-refractivity contribution in [3.05, 3.63) is 11.7 Å². The molecule has 16 heavy (non-hydrogen) atoms. The summed E-state index contributed by atoms with van der Waals surface area (Å²) in [6, 6.07) is -0.201. The summed E-state index contributed by atoms with van der Waals surface area (Å²) in [5.74, 6) is 1.21.